The van der Waals surface area contributed by atoms with E-state index in [0.717, 1.165) is 44.4 Å². The van der Waals surface area contributed by atoms with Crippen molar-refractivity contribution < 1.29 is 4.42 Å². The van der Waals surface area contributed by atoms with Crippen LogP contribution in [0.2, 0.25) is 0 Å². The average molecular weight is 1000 g/mol. The fourth-order valence-electron chi connectivity index (χ4n) is 13.7. The molecule has 0 atom stereocenters. The van der Waals surface area contributed by atoms with Crippen LogP contribution in [0.25, 0.3) is 165 Å². The largest absolute Gasteiger partial charge is 0.455 e. The first-order chi connectivity index (χ1) is 39.3. The number of benzene rings is 14. The number of hydrogen-bond acceptors (Lipinski definition) is 1. The molecular weight excluding hydrogens is 957 g/mol. The van der Waals surface area contributed by atoms with Gasteiger partial charge in [-0.15, -0.1) is 0 Å². The van der Waals surface area contributed by atoms with Crippen molar-refractivity contribution in [1.82, 2.24) is 9.13 Å². The van der Waals surface area contributed by atoms with Crippen LogP contribution in [-0.2, 0) is 0 Å². The molecule has 0 saturated heterocycles. The molecule has 17 aromatic rings. The molecule has 0 unspecified atom stereocenters. The lowest BCUT2D eigenvalue weighted by Gasteiger charge is -2.19. The van der Waals surface area contributed by atoms with Gasteiger partial charge in [-0.25, -0.2) is 0 Å². The Balaban J connectivity index is 0.883. The van der Waals surface area contributed by atoms with Crippen molar-refractivity contribution in [1.29, 1.82) is 0 Å². The first-order valence-electron chi connectivity index (χ1n) is 27.3. The molecule has 3 aromatic heterocycles. The molecule has 17 rings (SSSR count). The zero-order valence-electron chi connectivity index (χ0n) is 42.9. The number of rotatable bonds is 6. The highest BCUT2D eigenvalue weighted by Crippen LogP contribution is 2.51. The van der Waals surface area contributed by atoms with Crippen LogP contribution in [0.3, 0.4) is 0 Å². The van der Waals surface area contributed by atoms with Gasteiger partial charge in [0.05, 0.1) is 22.1 Å². The van der Waals surface area contributed by atoms with Crippen molar-refractivity contribution in [3.05, 3.63) is 279 Å². The number of hydrogen-bond donors (Lipinski definition) is 0. The van der Waals surface area contributed by atoms with Crippen LogP contribution < -0.4 is 0 Å². The molecule has 3 nitrogen and oxygen atoms in total. The molecule has 79 heavy (non-hydrogen) atoms. The fourth-order valence-corrected chi connectivity index (χ4v) is 13.7. The van der Waals surface area contributed by atoms with Crippen LogP contribution in [0.1, 0.15) is 0 Å². The van der Waals surface area contributed by atoms with Crippen LogP contribution >= 0.6 is 0 Å². The van der Waals surface area contributed by atoms with Gasteiger partial charge in [-0.1, -0.05) is 231 Å². The lowest BCUT2D eigenvalue weighted by atomic mass is 9.84. The van der Waals surface area contributed by atoms with Crippen molar-refractivity contribution in [2.45, 2.75) is 0 Å². The molecule has 0 saturated carbocycles. The summed E-state index contributed by atoms with van der Waals surface area (Å²) in [5.74, 6) is 0. The average Bonchev–Trinajstić information content (AvgIpc) is 4.33. The normalized spacial score (nSPS) is 12.1. The molecule has 0 N–H and O–H groups in total. The van der Waals surface area contributed by atoms with E-state index in [2.05, 4.69) is 288 Å². The van der Waals surface area contributed by atoms with E-state index in [9.17, 15) is 0 Å². The van der Waals surface area contributed by atoms with E-state index in [1.807, 2.05) is 0 Å². The Morgan fingerprint density at radius 3 is 1.01 bits per heavy atom. The Morgan fingerprint density at radius 1 is 0.228 bits per heavy atom. The van der Waals surface area contributed by atoms with Crippen LogP contribution in [-0.4, -0.2) is 9.13 Å². The maximum atomic E-state index is 7.16. The Bertz CT molecular complexity index is 5250. The Morgan fingerprint density at radius 2 is 0.570 bits per heavy atom. The Hall–Kier alpha value is -10.5. The van der Waals surface area contributed by atoms with Gasteiger partial charge in [0.25, 0.3) is 0 Å². The third-order valence-electron chi connectivity index (χ3n) is 16.9. The number of para-hydroxylation sites is 7. The quantitative estimate of drug-likeness (QED) is 0.152. The van der Waals surface area contributed by atoms with Gasteiger partial charge in [-0.05, 0) is 114 Å². The molecule has 0 fully saturated rings. The highest BCUT2D eigenvalue weighted by molar-refractivity contribution is 6.29. The molecule has 0 aliphatic heterocycles. The summed E-state index contributed by atoms with van der Waals surface area (Å²) >= 11 is 0. The zero-order chi connectivity index (χ0) is 51.7. The molecule has 0 amide bonds. The van der Waals surface area contributed by atoms with E-state index >= 15 is 0 Å². The van der Waals surface area contributed by atoms with E-state index < -0.39 is 0 Å². The summed E-state index contributed by atoms with van der Waals surface area (Å²) in [4.78, 5) is 0. The number of furan rings is 1. The minimum absolute atomic E-state index is 0.863. The molecule has 0 aliphatic rings. The highest BCUT2D eigenvalue weighted by Gasteiger charge is 2.26. The molecule has 0 bridgehead atoms. The zero-order valence-corrected chi connectivity index (χ0v) is 42.9. The van der Waals surface area contributed by atoms with Gasteiger partial charge in [0.1, 0.15) is 11.2 Å². The smallest absolute Gasteiger partial charge is 0.143 e. The van der Waals surface area contributed by atoms with Gasteiger partial charge in [-0.2, -0.15) is 0 Å². The van der Waals surface area contributed by atoms with Crippen LogP contribution in [0.15, 0.2) is 283 Å². The first-order valence-corrected chi connectivity index (χ1v) is 27.3. The lowest BCUT2D eigenvalue weighted by Crippen LogP contribution is -1.96. The van der Waals surface area contributed by atoms with Gasteiger partial charge in [0, 0.05) is 65.9 Å². The predicted molar refractivity (Wildman–Crippen MR) is 334 cm³/mol. The topological polar surface area (TPSA) is 23.0 Å². The molecule has 0 aliphatic carbocycles. The third kappa shape index (κ3) is 6.30. The lowest BCUT2D eigenvalue weighted by molar-refractivity contribution is 0.670. The summed E-state index contributed by atoms with van der Waals surface area (Å²) in [5.41, 5.74) is 18.3. The maximum Gasteiger partial charge on any atom is 0.143 e. The van der Waals surface area contributed by atoms with E-state index in [4.69, 9.17) is 4.42 Å². The van der Waals surface area contributed by atoms with E-state index in [1.54, 1.807) is 0 Å². The number of aromatic nitrogens is 2. The minimum atomic E-state index is 0.863. The van der Waals surface area contributed by atoms with Crippen molar-refractivity contribution in [2.24, 2.45) is 0 Å². The summed E-state index contributed by atoms with van der Waals surface area (Å²) in [6, 6.07) is 102. The molecule has 14 aromatic carbocycles. The summed E-state index contributed by atoms with van der Waals surface area (Å²) in [6.45, 7) is 0. The van der Waals surface area contributed by atoms with Gasteiger partial charge >= 0.3 is 0 Å². The summed E-state index contributed by atoms with van der Waals surface area (Å²) in [6.07, 6.45) is 0. The number of nitrogens with zero attached hydrogens (tertiary/aromatic N) is 2. The van der Waals surface area contributed by atoms with Crippen LogP contribution in [0.4, 0.5) is 0 Å². The van der Waals surface area contributed by atoms with Crippen molar-refractivity contribution in [2.75, 3.05) is 0 Å². The number of fused-ring (bicyclic) bond motifs is 13. The molecule has 0 spiro atoms. The maximum absolute atomic E-state index is 7.16. The monoisotopic (exact) mass is 1000 g/mol. The molecule has 366 valence electrons. The second-order valence-electron chi connectivity index (χ2n) is 21.0. The van der Waals surface area contributed by atoms with Crippen LogP contribution in [0.5, 0.6) is 0 Å². The van der Waals surface area contributed by atoms with Gasteiger partial charge in [0.2, 0.25) is 0 Å². The second-order valence-corrected chi connectivity index (χ2v) is 21.0. The standard InChI is InChI=1S/C76H46N2O/c1-3-22-48(23-4-1)77-67-42-17-15-26-50(67)60-36-19-39-63(74(60)77)71-54-30-9-7-28-52(54)70(53-29-8-10-31-55(53)71)47-44-45-69-66(46-47)62-38-21-41-65(76(62)79-69)73-58-34-13-11-32-56(58)72(57-33-12-14-35-59(57)73)64-40-20-37-61-51-27-16-18-43-68(51)78(75(61)64)49-24-5-2-6-25-49/h1-46H. The SMILES string of the molecule is c1ccc(-n2c3ccccc3c3cccc(-c4c5ccccc5c(-c5ccc6oc7c(-c8c9ccccc9c(-c9cccc%10c%11ccccc%11n(-c%11ccccc%11)c9%10)c9ccccc89)cccc7c6c5)c5ccccc45)c32)cc1. The molecule has 3 heteroatoms. The summed E-state index contributed by atoms with van der Waals surface area (Å²) < 4.78 is 12.1. The molecular formula is C76H46N2O. The van der Waals surface area contributed by atoms with Crippen LogP contribution in [0, 0.1) is 0 Å². The second kappa shape index (κ2) is 17.0. The Kier molecular flexibility index (Phi) is 9.42. The van der Waals surface area contributed by atoms with Crippen molar-refractivity contribution in [3.8, 4) is 55.9 Å². The fraction of sp³-hybridized carbons (Fsp3) is 0. The van der Waals surface area contributed by atoms with E-state index in [0.29, 0.717) is 0 Å². The van der Waals surface area contributed by atoms with Crippen molar-refractivity contribution >= 4 is 109 Å². The van der Waals surface area contributed by atoms with E-state index in [-0.39, 0.29) is 0 Å². The first kappa shape index (κ1) is 43.7. The Labute approximate surface area is 454 Å². The molecule has 3 heterocycles. The van der Waals surface area contributed by atoms with Crippen molar-refractivity contribution in [3.63, 3.8) is 0 Å². The highest BCUT2D eigenvalue weighted by atomic mass is 16.3. The summed E-state index contributed by atoms with van der Waals surface area (Å²) in [7, 11) is 0. The predicted octanol–water partition coefficient (Wildman–Crippen LogP) is 21.1. The van der Waals surface area contributed by atoms with Gasteiger partial charge in [0.15, 0.2) is 0 Å². The molecule has 0 radical (unpaired) electrons. The third-order valence-corrected chi connectivity index (χ3v) is 16.9. The minimum Gasteiger partial charge on any atom is -0.455 e. The van der Waals surface area contributed by atoms with Gasteiger partial charge in [-0.3, -0.25) is 0 Å². The van der Waals surface area contributed by atoms with Gasteiger partial charge < -0.3 is 13.6 Å². The van der Waals surface area contributed by atoms with E-state index in [1.165, 1.54) is 120 Å². The summed E-state index contributed by atoms with van der Waals surface area (Å²) in [5, 5.41) is 16.8.